The Balaban J connectivity index is 1.09. The van der Waals surface area contributed by atoms with Crippen LogP contribution in [-0.4, -0.2) is 18.3 Å². The van der Waals surface area contributed by atoms with Crippen LogP contribution in [0.25, 0.3) is 121 Å². The van der Waals surface area contributed by atoms with Crippen LogP contribution >= 0.6 is 0 Å². The number of rotatable bonds is 4. The summed E-state index contributed by atoms with van der Waals surface area (Å²) in [5.41, 5.74) is 12.7. The normalized spacial score (nSPS) is 11.9. The van der Waals surface area contributed by atoms with Crippen molar-refractivity contribution < 1.29 is 0 Å². The van der Waals surface area contributed by atoms with E-state index in [1.165, 1.54) is 10.8 Å². The molecule has 304 valence electrons. The molecular weight excluding hydrogens is 805 g/mol. The monoisotopic (exact) mass is 838 g/mol. The Bertz CT molecular complexity index is 4430. The van der Waals surface area contributed by atoms with Gasteiger partial charge in [-0.25, -0.2) is 0 Å². The van der Waals surface area contributed by atoms with Crippen LogP contribution in [0.2, 0.25) is 0 Å². The van der Waals surface area contributed by atoms with Gasteiger partial charge in [0.15, 0.2) is 0 Å². The highest BCUT2D eigenvalue weighted by molar-refractivity contribution is 6.22. The Kier molecular flexibility index (Phi) is 7.43. The predicted molar refractivity (Wildman–Crippen MR) is 271 cm³/mol. The molecule has 0 saturated heterocycles. The van der Waals surface area contributed by atoms with Crippen LogP contribution in [0.5, 0.6) is 0 Å². The topological polar surface area (TPSA) is 67.3 Å². The Hall–Kier alpha value is -9.36. The van der Waals surface area contributed by atoms with E-state index in [0.717, 1.165) is 98.6 Å². The van der Waals surface area contributed by atoms with Crippen molar-refractivity contribution in [2.45, 2.75) is 0 Å². The van der Waals surface area contributed by atoms with E-state index in [4.69, 9.17) is 0 Å². The summed E-state index contributed by atoms with van der Waals surface area (Å²) < 4.78 is 9.07. The van der Waals surface area contributed by atoms with Gasteiger partial charge in [0.2, 0.25) is 0 Å². The lowest BCUT2D eigenvalue weighted by molar-refractivity contribution is 1.12. The van der Waals surface area contributed by atoms with Gasteiger partial charge in [-0.15, -0.1) is 0 Å². The van der Waals surface area contributed by atoms with Gasteiger partial charge >= 0.3 is 0 Å². The van der Waals surface area contributed by atoms with E-state index < -0.39 is 0 Å². The van der Waals surface area contributed by atoms with Crippen molar-refractivity contribution in [2.24, 2.45) is 0 Å². The number of fused-ring (bicyclic) bond motifs is 14. The zero-order chi connectivity index (χ0) is 43.6. The Labute approximate surface area is 377 Å². The number of aromatic nitrogens is 4. The molecule has 14 aromatic rings. The lowest BCUT2D eigenvalue weighted by Crippen LogP contribution is -2.04. The van der Waals surface area contributed by atoms with Crippen molar-refractivity contribution in [2.75, 3.05) is 0 Å². The molecule has 4 aromatic heterocycles. The molecule has 0 aliphatic rings. The fraction of sp³-hybridized carbons (Fsp3) is 0. The van der Waals surface area contributed by atoms with E-state index >= 15 is 0 Å². The van der Waals surface area contributed by atoms with Crippen molar-refractivity contribution in [1.82, 2.24) is 18.3 Å². The van der Waals surface area contributed by atoms with Gasteiger partial charge in [0.1, 0.15) is 12.1 Å². The first-order valence-electron chi connectivity index (χ1n) is 22.1. The standard InChI is InChI=1S/C60H34N6/c61-35-38-31-57(39(36-62)30-56(38)65-53-25-13-9-21-46(53)60-42-17-5-4-14-37(42)26-28-55(60)65)66-54-29-27-41(64-50-22-10-6-18-43(50)44-19-7-11-23-51(44)64)32-47(54)49-34-58-48(33-59(49)66)45-20-8-12-24-52(45)63(58)40-15-2-1-3-16-40/h1-34H. The minimum absolute atomic E-state index is 0.466. The molecule has 0 saturated carbocycles. The summed E-state index contributed by atoms with van der Waals surface area (Å²) >= 11 is 0. The largest absolute Gasteiger partial charge is 0.309 e. The molecule has 66 heavy (non-hydrogen) atoms. The maximum absolute atomic E-state index is 11.3. The minimum Gasteiger partial charge on any atom is -0.309 e. The third-order valence-corrected chi connectivity index (χ3v) is 13.8. The number of hydrogen-bond donors (Lipinski definition) is 0. The summed E-state index contributed by atoms with van der Waals surface area (Å²) in [6, 6.07) is 77.6. The van der Waals surface area contributed by atoms with Crippen molar-refractivity contribution in [3.63, 3.8) is 0 Å². The van der Waals surface area contributed by atoms with Gasteiger partial charge in [0, 0.05) is 54.5 Å². The van der Waals surface area contributed by atoms with Gasteiger partial charge in [-0.05, 0) is 95.7 Å². The van der Waals surface area contributed by atoms with Gasteiger partial charge in [-0.3, -0.25) is 0 Å². The summed E-state index contributed by atoms with van der Waals surface area (Å²) in [6.07, 6.45) is 0. The summed E-state index contributed by atoms with van der Waals surface area (Å²) in [7, 11) is 0. The van der Waals surface area contributed by atoms with E-state index in [2.05, 4.69) is 218 Å². The van der Waals surface area contributed by atoms with E-state index in [9.17, 15) is 10.5 Å². The Morgan fingerprint density at radius 2 is 0.697 bits per heavy atom. The number of hydrogen-bond acceptors (Lipinski definition) is 2. The van der Waals surface area contributed by atoms with Crippen LogP contribution in [0.15, 0.2) is 206 Å². The number of nitriles is 2. The highest BCUT2D eigenvalue weighted by Crippen LogP contribution is 2.43. The number of para-hydroxylation sites is 5. The van der Waals surface area contributed by atoms with Crippen molar-refractivity contribution in [3.05, 3.63) is 217 Å². The molecule has 0 fully saturated rings. The fourth-order valence-electron chi connectivity index (χ4n) is 11.0. The molecule has 14 rings (SSSR count). The van der Waals surface area contributed by atoms with Gasteiger partial charge in [-0.1, -0.05) is 121 Å². The lowest BCUT2D eigenvalue weighted by atomic mass is 10.0. The third-order valence-electron chi connectivity index (χ3n) is 13.8. The maximum atomic E-state index is 11.3. The highest BCUT2D eigenvalue weighted by Gasteiger charge is 2.24. The molecule has 0 radical (unpaired) electrons. The maximum Gasteiger partial charge on any atom is 0.101 e. The van der Waals surface area contributed by atoms with Crippen LogP contribution in [-0.2, 0) is 0 Å². The average Bonchev–Trinajstić information content (AvgIpc) is 4.10. The van der Waals surface area contributed by atoms with Crippen molar-refractivity contribution in [3.8, 4) is 34.9 Å². The van der Waals surface area contributed by atoms with E-state index in [0.29, 0.717) is 22.5 Å². The fourth-order valence-corrected chi connectivity index (χ4v) is 11.0. The third kappa shape index (κ3) is 4.87. The van der Waals surface area contributed by atoms with E-state index in [-0.39, 0.29) is 0 Å². The van der Waals surface area contributed by atoms with E-state index in [1.807, 2.05) is 18.2 Å². The molecular formula is C60H34N6. The Morgan fingerprint density at radius 3 is 1.32 bits per heavy atom. The second-order valence-electron chi connectivity index (χ2n) is 17.1. The molecule has 0 unspecified atom stereocenters. The quantitative estimate of drug-likeness (QED) is 0.177. The number of benzene rings is 10. The summed E-state index contributed by atoms with van der Waals surface area (Å²) in [4.78, 5) is 0. The van der Waals surface area contributed by atoms with Crippen LogP contribution in [0.4, 0.5) is 0 Å². The molecule has 0 N–H and O–H groups in total. The Morgan fingerprint density at radius 1 is 0.273 bits per heavy atom. The second kappa shape index (κ2) is 13.6. The minimum atomic E-state index is 0.466. The lowest BCUT2D eigenvalue weighted by Gasteiger charge is -2.16. The van der Waals surface area contributed by atoms with Crippen molar-refractivity contribution in [1.29, 1.82) is 10.5 Å². The van der Waals surface area contributed by atoms with Crippen LogP contribution < -0.4 is 0 Å². The van der Waals surface area contributed by atoms with Crippen LogP contribution in [0.1, 0.15) is 11.1 Å². The van der Waals surface area contributed by atoms with Gasteiger partial charge in [0.25, 0.3) is 0 Å². The molecule has 0 bridgehead atoms. The second-order valence-corrected chi connectivity index (χ2v) is 17.1. The molecule has 4 heterocycles. The average molecular weight is 839 g/mol. The van der Waals surface area contributed by atoms with Crippen LogP contribution in [0.3, 0.4) is 0 Å². The molecule has 6 nitrogen and oxygen atoms in total. The summed E-state index contributed by atoms with van der Waals surface area (Å²) in [5, 5.41) is 33.7. The molecule has 0 amide bonds. The molecule has 0 aliphatic carbocycles. The zero-order valence-corrected chi connectivity index (χ0v) is 35.3. The van der Waals surface area contributed by atoms with E-state index in [1.54, 1.807) is 0 Å². The number of nitrogens with zero attached hydrogens (tertiary/aromatic N) is 6. The van der Waals surface area contributed by atoms with Gasteiger partial charge < -0.3 is 18.3 Å². The summed E-state index contributed by atoms with van der Waals surface area (Å²) in [5.74, 6) is 0. The van der Waals surface area contributed by atoms with Crippen LogP contribution in [0, 0.1) is 22.7 Å². The molecule has 0 atom stereocenters. The molecule has 0 spiro atoms. The smallest absolute Gasteiger partial charge is 0.101 e. The molecule has 0 aliphatic heterocycles. The van der Waals surface area contributed by atoms with Gasteiger partial charge in [-0.2, -0.15) is 10.5 Å². The first-order valence-corrected chi connectivity index (χ1v) is 22.1. The van der Waals surface area contributed by atoms with Gasteiger partial charge in [0.05, 0.1) is 66.6 Å². The van der Waals surface area contributed by atoms with Crippen molar-refractivity contribution >= 4 is 98.0 Å². The SMILES string of the molecule is N#Cc1cc(-n2c3ccccc3c3c4ccccc4ccc32)c(C#N)cc1-n1c2ccc(-n3c4ccccc4c4ccccc43)cc2c2cc3c(cc21)c1ccccc1n3-c1ccccc1. The molecule has 6 heteroatoms. The highest BCUT2D eigenvalue weighted by atomic mass is 15.0. The predicted octanol–water partition coefficient (Wildman–Crippen LogP) is 15.0. The molecule has 10 aromatic carbocycles. The zero-order valence-electron chi connectivity index (χ0n) is 35.3. The summed E-state index contributed by atoms with van der Waals surface area (Å²) in [6.45, 7) is 0. The first kappa shape index (κ1) is 36.2. The first-order chi connectivity index (χ1) is 32.7.